The SMILES string of the molecule is CCC(C)N(CC)Cc1ccccc1CNCC(C)C. The molecular formula is C18H32N2. The highest BCUT2D eigenvalue weighted by Gasteiger charge is 2.12. The van der Waals surface area contributed by atoms with Crippen LogP contribution in [0.3, 0.4) is 0 Å². The minimum absolute atomic E-state index is 0.650. The standard InChI is InChI=1S/C18H32N2/c1-6-16(5)20(7-2)14-18-11-9-8-10-17(18)13-19-12-15(3)4/h8-11,15-16,19H,6-7,12-14H2,1-5H3. The maximum Gasteiger partial charge on any atom is 0.0239 e. The van der Waals surface area contributed by atoms with Crippen molar-refractivity contribution in [2.75, 3.05) is 13.1 Å². The number of rotatable bonds is 9. The molecule has 1 aromatic rings. The second-order valence-corrected chi connectivity index (χ2v) is 6.11. The van der Waals surface area contributed by atoms with Crippen LogP contribution in [-0.2, 0) is 13.1 Å². The lowest BCUT2D eigenvalue weighted by atomic mass is 10.1. The van der Waals surface area contributed by atoms with E-state index in [2.05, 4.69) is 69.1 Å². The molecule has 0 aliphatic carbocycles. The Morgan fingerprint density at radius 2 is 1.70 bits per heavy atom. The van der Waals surface area contributed by atoms with E-state index < -0.39 is 0 Å². The Morgan fingerprint density at radius 3 is 2.25 bits per heavy atom. The van der Waals surface area contributed by atoms with Crippen LogP contribution in [0.2, 0.25) is 0 Å². The molecule has 0 fully saturated rings. The van der Waals surface area contributed by atoms with Gasteiger partial charge in [-0.25, -0.2) is 0 Å². The summed E-state index contributed by atoms with van der Waals surface area (Å²) in [5.74, 6) is 0.703. The monoisotopic (exact) mass is 276 g/mol. The van der Waals surface area contributed by atoms with Gasteiger partial charge in [0.2, 0.25) is 0 Å². The topological polar surface area (TPSA) is 15.3 Å². The van der Waals surface area contributed by atoms with Gasteiger partial charge < -0.3 is 5.32 Å². The van der Waals surface area contributed by atoms with Crippen molar-refractivity contribution in [3.8, 4) is 0 Å². The predicted octanol–water partition coefficient (Wildman–Crippen LogP) is 4.05. The first-order valence-electron chi connectivity index (χ1n) is 8.09. The lowest BCUT2D eigenvalue weighted by molar-refractivity contribution is 0.205. The predicted molar refractivity (Wildman–Crippen MR) is 88.8 cm³/mol. The quantitative estimate of drug-likeness (QED) is 0.732. The molecule has 0 aromatic heterocycles. The summed E-state index contributed by atoms with van der Waals surface area (Å²) in [5.41, 5.74) is 2.90. The molecule has 2 nitrogen and oxygen atoms in total. The smallest absolute Gasteiger partial charge is 0.0239 e. The molecule has 0 aliphatic rings. The lowest BCUT2D eigenvalue weighted by Gasteiger charge is -2.28. The summed E-state index contributed by atoms with van der Waals surface area (Å²) in [5, 5.41) is 3.56. The van der Waals surface area contributed by atoms with Crippen molar-refractivity contribution in [1.82, 2.24) is 10.2 Å². The van der Waals surface area contributed by atoms with Crippen molar-refractivity contribution >= 4 is 0 Å². The summed E-state index contributed by atoms with van der Waals surface area (Å²) in [6.07, 6.45) is 1.21. The summed E-state index contributed by atoms with van der Waals surface area (Å²) in [6.45, 7) is 15.6. The van der Waals surface area contributed by atoms with Crippen molar-refractivity contribution < 1.29 is 0 Å². The number of nitrogens with zero attached hydrogens (tertiary/aromatic N) is 1. The number of hydrogen-bond donors (Lipinski definition) is 1. The largest absolute Gasteiger partial charge is 0.312 e. The summed E-state index contributed by atoms with van der Waals surface area (Å²) in [4.78, 5) is 2.56. The molecule has 0 spiro atoms. The van der Waals surface area contributed by atoms with Crippen LogP contribution in [0.5, 0.6) is 0 Å². The Morgan fingerprint density at radius 1 is 1.05 bits per heavy atom. The molecule has 0 saturated carbocycles. The summed E-state index contributed by atoms with van der Waals surface area (Å²) in [7, 11) is 0. The molecule has 1 aromatic carbocycles. The van der Waals surface area contributed by atoms with Crippen LogP contribution >= 0.6 is 0 Å². The number of nitrogens with one attached hydrogen (secondary N) is 1. The summed E-state index contributed by atoms with van der Waals surface area (Å²) < 4.78 is 0. The molecule has 2 heteroatoms. The average Bonchev–Trinajstić information content (AvgIpc) is 2.45. The highest BCUT2D eigenvalue weighted by Crippen LogP contribution is 2.14. The molecule has 1 unspecified atom stereocenters. The van der Waals surface area contributed by atoms with Crippen molar-refractivity contribution in [2.45, 2.75) is 60.2 Å². The molecule has 0 aliphatic heterocycles. The minimum atomic E-state index is 0.650. The number of hydrogen-bond acceptors (Lipinski definition) is 2. The summed E-state index contributed by atoms with van der Waals surface area (Å²) in [6, 6.07) is 9.49. The minimum Gasteiger partial charge on any atom is -0.312 e. The highest BCUT2D eigenvalue weighted by atomic mass is 15.1. The van der Waals surface area contributed by atoms with Gasteiger partial charge in [-0.3, -0.25) is 4.90 Å². The van der Waals surface area contributed by atoms with Gasteiger partial charge in [-0.05, 0) is 43.5 Å². The zero-order valence-electron chi connectivity index (χ0n) is 13.9. The summed E-state index contributed by atoms with van der Waals surface area (Å²) >= 11 is 0. The van der Waals surface area contributed by atoms with Crippen molar-refractivity contribution in [3.05, 3.63) is 35.4 Å². The third-order valence-electron chi connectivity index (χ3n) is 3.98. The molecule has 1 N–H and O–H groups in total. The number of benzene rings is 1. The Bertz CT molecular complexity index is 373. The van der Waals surface area contributed by atoms with Gasteiger partial charge in [-0.2, -0.15) is 0 Å². The Labute approximate surface area is 125 Å². The second kappa shape index (κ2) is 9.15. The van der Waals surface area contributed by atoms with Gasteiger partial charge in [0, 0.05) is 19.1 Å². The van der Waals surface area contributed by atoms with E-state index in [1.807, 2.05) is 0 Å². The zero-order valence-corrected chi connectivity index (χ0v) is 13.9. The fourth-order valence-corrected chi connectivity index (χ4v) is 2.44. The van der Waals surface area contributed by atoms with Gasteiger partial charge in [0.15, 0.2) is 0 Å². The Hall–Kier alpha value is -0.860. The maximum absolute atomic E-state index is 3.56. The molecule has 20 heavy (non-hydrogen) atoms. The van der Waals surface area contributed by atoms with Crippen molar-refractivity contribution in [2.24, 2.45) is 5.92 Å². The highest BCUT2D eigenvalue weighted by molar-refractivity contribution is 5.27. The van der Waals surface area contributed by atoms with Crippen LogP contribution in [0.4, 0.5) is 0 Å². The van der Waals surface area contributed by atoms with E-state index in [0.717, 1.165) is 26.2 Å². The Balaban J connectivity index is 2.68. The fourth-order valence-electron chi connectivity index (χ4n) is 2.44. The molecule has 1 atom stereocenters. The molecule has 0 bridgehead atoms. The van der Waals surface area contributed by atoms with E-state index in [9.17, 15) is 0 Å². The third-order valence-corrected chi connectivity index (χ3v) is 3.98. The fraction of sp³-hybridized carbons (Fsp3) is 0.667. The molecule has 0 heterocycles. The van der Waals surface area contributed by atoms with E-state index in [1.165, 1.54) is 17.5 Å². The van der Waals surface area contributed by atoms with Crippen LogP contribution in [0.15, 0.2) is 24.3 Å². The average molecular weight is 276 g/mol. The molecule has 0 radical (unpaired) electrons. The zero-order chi connectivity index (χ0) is 15.0. The van der Waals surface area contributed by atoms with Crippen LogP contribution in [0, 0.1) is 5.92 Å². The first kappa shape index (κ1) is 17.2. The third kappa shape index (κ3) is 5.64. The molecule has 1 rings (SSSR count). The maximum atomic E-state index is 3.56. The molecule has 114 valence electrons. The first-order chi connectivity index (χ1) is 9.58. The van der Waals surface area contributed by atoms with Crippen LogP contribution in [0.25, 0.3) is 0 Å². The molecular weight excluding hydrogens is 244 g/mol. The van der Waals surface area contributed by atoms with Gasteiger partial charge in [0.05, 0.1) is 0 Å². The molecule has 0 saturated heterocycles. The van der Waals surface area contributed by atoms with E-state index in [0.29, 0.717) is 12.0 Å². The molecule has 0 amide bonds. The van der Waals surface area contributed by atoms with E-state index in [1.54, 1.807) is 0 Å². The normalized spacial score (nSPS) is 13.2. The van der Waals surface area contributed by atoms with Gasteiger partial charge in [0.25, 0.3) is 0 Å². The van der Waals surface area contributed by atoms with E-state index in [-0.39, 0.29) is 0 Å². The first-order valence-corrected chi connectivity index (χ1v) is 8.09. The van der Waals surface area contributed by atoms with Crippen LogP contribution in [0.1, 0.15) is 52.2 Å². The van der Waals surface area contributed by atoms with Crippen molar-refractivity contribution in [3.63, 3.8) is 0 Å². The van der Waals surface area contributed by atoms with Crippen LogP contribution < -0.4 is 5.32 Å². The van der Waals surface area contributed by atoms with E-state index in [4.69, 9.17) is 0 Å². The van der Waals surface area contributed by atoms with Crippen LogP contribution in [-0.4, -0.2) is 24.0 Å². The lowest BCUT2D eigenvalue weighted by Crippen LogP contribution is -2.32. The van der Waals surface area contributed by atoms with Crippen molar-refractivity contribution in [1.29, 1.82) is 0 Å². The Kier molecular flexibility index (Phi) is 7.86. The van der Waals surface area contributed by atoms with Gasteiger partial charge in [-0.15, -0.1) is 0 Å². The van der Waals surface area contributed by atoms with Gasteiger partial charge in [0.1, 0.15) is 0 Å². The second-order valence-electron chi connectivity index (χ2n) is 6.11. The van der Waals surface area contributed by atoms with Gasteiger partial charge in [-0.1, -0.05) is 52.0 Å². The van der Waals surface area contributed by atoms with Gasteiger partial charge >= 0.3 is 0 Å². The van der Waals surface area contributed by atoms with E-state index >= 15 is 0 Å².